The van der Waals surface area contributed by atoms with Crippen LogP contribution in [0, 0.1) is 11.3 Å². The van der Waals surface area contributed by atoms with Gasteiger partial charge in [-0.3, -0.25) is 19.6 Å². The van der Waals surface area contributed by atoms with Gasteiger partial charge in [-0.2, -0.15) is 13.2 Å². The summed E-state index contributed by atoms with van der Waals surface area (Å²) < 4.78 is 45.3. The number of halogens is 3. The van der Waals surface area contributed by atoms with Crippen LogP contribution in [0.1, 0.15) is 65.6 Å². The number of aryl methyl sites for hydroxylation is 1. The number of nitrogens with one attached hydrogen (secondary N) is 1. The first-order chi connectivity index (χ1) is 22.2. The molecule has 1 N–H and O–H groups in total. The SMILES string of the molecule is Cn1cnnc1-c1ccncc1-c1cc(NCCC2CC2)nc(N2Cc3c(cc(CN4CCC5(CC5)C4)cc3C(F)(F)F)C2=O)c1. The van der Waals surface area contributed by atoms with Gasteiger partial charge in [0.05, 0.1) is 12.1 Å². The van der Waals surface area contributed by atoms with Crippen molar-refractivity contribution in [2.24, 2.45) is 18.4 Å². The Morgan fingerprint density at radius 3 is 2.63 bits per heavy atom. The number of anilines is 2. The number of benzene rings is 1. The van der Waals surface area contributed by atoms with E-state index in [2.05, 4.69) is 25.4 Å². The van der Waals surface area contributed by atoms with E-state index in [-0.39, 0.29) is 23.5 Å². The van der Waals surface area contributed by atoms with Crippen LogP contribution >= 0.6 is 0 Å². The standard InChI is InChI=1S/C34H35F3N8O/c1-43-20-40-42-31(43)24-5-9-38-16-26(24)23-14-29(39-10-4-21-2-3-21)41-30(15-23)45-18-27-25(32(45)46)12-22(13-28(27)34(35,36)37)17-44-11-8-33(19-44)6-7-33/h5,9,12-16,20-21H,2-4,6-8,10-11,17-19H2,1H3,(H,39,41). The van der Waals surface area contributed by atoms with Crippen molar-refractivity contribution >= 4 is 17.5 Å². The molecule has 12 heteroatoms. The van der Waals surface area contributed by atoms with Crippen LogP contribution in [-0.4, -0.2) is 55.2 Å². The fourth-order valence-electron chi connectivity index (χ4n) is 7.06. The molecule has 2 saturated carbocycles. The highest BCUT2D eigenvalue weighted by Crippen LogP contribution is 2.53. The summed E-state index contributed by atoms with van der Waals surface area (Å²) >= 11 is 0. The molecule has 46 heavy (non-hydrogen) atoms. The number of likely N-dealkylation sites (tertiary alicyclic amines) is 1. The molecule has 9 nitrogen and oxygen atoms in total. The lowest BCUT2D eigenvalue weighted by Gasteiger charge is -2.19. The van der Waals surface area contributed by atoms with Crippen LogP contribution < -0.4 is 10.2 Å². The van der Waals surface area contributed by atoms with Gasteiger partial charge in [-0.1, -0.05) is 12.8 Å². The zero-order valence-electron chi connectivity index (χ0n) is 25.6. The molecule has 2 aliphatic carbocycles. The fraction of sp³-hybridized carbons (Fsp3) is 0.441. The lowest BCUT2D eigenvalue weighted by atomic mass is 9.98. The molecule has 0 radical (unpaired) electrons. The van der Waals surface area contributed by atoms with E-state index in [0.29, 0.717) is 47.2 Å². The second-order valence-corrected chi connectivity index (χ2v) is 13.5. The lowest BCUT2D eigenvalue weighted by Crippen LogP contribution is -2.24. The van der Waals surface area contributed by atoms with Crippen LogP contribution in [0.5, 0.6) is 0 Å². The van der Waals surface area contributed by atoms with Crippen molar-refractivity contribution in [1.29, 1.82) is 0 Å². The van der Waals surface area contributed by atoms with Gasteiger partial charge in [-0.15, -0.1) is 10.2 Å². The highest BCUT2D eigenvalue weighted by atomic mass is 19.4. The van der Waals surface area contributed by atoms with Crippen LogP contribution in [0.4, 0.5) is 24.8 Å². The number of carbonyl (C=O) groups excluding carboxylic acids is 1. The number of alkyl halides is 3. The molecule has 238 valence electrons. The first-order valence-electron chi connectivity index (χ1n) is 16.0. The summed E-state index contributed by atoms with van der Waals surface area (Å²) in [7, 11) is 1.85. The van der Waals surface area contributed by atoms with Crippen LogP contribution in [0.15, 0.2) is 49.1 Å². The molecule has 1 amide bonds. The minimum absolute atomic E-state index is 0.00191. The summed E-state index contributed by atoms with van der Waals surface area (Å²) in [4.78, 5) is 26.7. The van der Waals surface area contributed by atoms with Crippen molar-refractivity contribution in [2.45, 2.75) is 57.8 Å². The Hall–Kier alpha value is -4.32. The maximum absolute atomic E-state index is 14.5. The Morgan fingerprint density at radius 1 is 1.07 bits per heavy atom. The van der Waals surface area contributed by atoms with Gasteiger partial charge in [0.25, 0.3) is 5.91 Å². The van der Waals surface area contributed by atoms with Crippen molar-refractivity contribution in [2.75, 3.05) is 29.9 Å². The van der Waals surface area contributed by atoms with Crippen LogP contribution in [0.2, 0.25) is 0 Å². The monoisotopic (exact) mass is 628 g/mol. The summed E-state index contributed by atoms with van der Waals surface area (Å²) in [6, 6.07) is 8.39. The minimum atomic E-state index is -4.59. The number of fused-ring (bicyclic) bond motifs is 1. The second kappa shape index (κ2) is 10.9. The molecular formula is C34H35F3N8O. The van der Waals surface area contributed by atoms with E-state index < -0.39 is 17.6 Å². The van der Waals surface area contributed by atoms with Gasteiger partial charge >= 0.3 is 6.18 Å². The van der Waals surface area contributed by atoms with Gasteiger partial charge in [0, 0.05) is 55.8 Å². The summed E-state index contributed by atoms with van der Waals surface area (Å²) in [5.41, 5.74) is 2.48. The molecule has 5 heterocycles. The van der Waals surface area contributed by atoms with Crippen molar-refractivity contribution in [3.63, 3.8) is 0 Å². The lowest BCUT2D eigenvalue weighted by molar-refractivity contribution is -0.138. The summed E-state index contributed by atoms with van der Waals surface area (Å²) in [5.74, 6) is 1.69. The third-order valence-corrected chi connectivity index (χ3v) is 10.0. The number of aromatic nitrogens is 5. The first-order valence-corrected chi connectivity index (χ1v) is 16.0. The summed E-state index contributed by atoms with van der Waals surface area (Å²) in [6.45, 7) is 2.67. The Bertz CT molecular complexity index is 1830. The molecule has 8 rings (SSSR count). The van der Waals surface area contributed by atoms with E-state index in [0.717, 1.165) is 37.1 Å². The smallest absolute Gasteiger partial charge is 0.370 e. The molecule has 0 atom stereocenters. The third kappa shape index (κ3) is 5.52. The number of hydrogen-bond donors (Lipinski definition) is 1. The highest BCUT2D eigenvalue weighted by Gasteiger charge is 2.48. The van der Waals surface area contributed by atoms with Gasteiger partial charge in [-0.05, 0) is 90.6 Å². The number of pyridine rings is 2. The van der Waals surface area contributed by atoms with Crippen molar-refractivity contribution < 1.29 is 18.0 Å². The molecule has 1 saturated heterocycles. The molecule has 4 aromatic rings. The first kappa shape index (κ1) is 29.1. The molecular weight excluding hydrogens is 593 g/mol. The molecule has 2 aliphatic heterocycles. The Morgan fingerprint density at radius 2 is 1.91 bits per heavy atom. The van der Waals surface area contributed by atoms with Crippen molar-refractivity contribution in [3.05, 3.63) is 71.3 Å². The van der Waals surface area contributed by atoms with Crippen molar-refractivity contribution in [3.8, 4) is 22.5 Å². The number of rotatable bonds is 9. The zero-order valence-corrected chi connectivity index (χ0v) is 25.6. The quantitative estimate of drug-likeness (QED) is 0.232. The van der Waals surface area contributed by atoms with Gasteiger partial charge in [-0.25, -0.2) is 4.98 Å². The Kier molecular flexibility index (Phi) is 6.89. The largest absolute Gasteiger partial charge is 0.416 e. The van der Waals surface area contributed by atoms with E-state index in [1.54, 1.807) is 35.4 Å². The van der Waals surface area contributed by atoms with Crippen molar-refractivity contribution in [1.82, 2.24) is 29.6 Å². The van der Waals surface area contributed by atoms with E-state index >= 15 is 0 Å². The van der Waals surface area contributed by atoms with E-state index in [9.17, 15) is 18.0 Å². The van der Waals surface area contributed by atoms with Crippen LogP contribution in [-0.2, 0) is 26.3 Å². The predicted molar refractivity (Wildman–Crippen MR) is 167 cm³/mol. The van der Waals surface area contributed by atoms with Gasteiger partial charge < -0.3 is 9.88 Å². The Balaban J connectivity index is 1.16. The third-order valence-electron chi connectivity index (χ3n) is 10.0. The van der Waals surface area contributed by atoms with E-state index in [1.807, 2.05) is 19.2 Å². The number of amides is 1. The molecule has 0 unspecified atom stereocenters. The van der Waals surface area contributed by atoms with E-state index in [1.165, 1.54) is 36.6 Å². The normalized spacial score (nSPS) is 18.9. The molecule has 3 aromatic heterocycles. The average molecular weight is 629 g/mol. The van der Waals surface area contributed by atoms with Gasteiger partial charge in [0.2, 0.25) is 0 Å². The molecule has 0 bridgehead atoms. The molecule has 3 fully saturated rings. The highest BCUT2D eigenvalue weighted by molar-refractivity contribution is 6.10. The fourth-order valence-corrected chi connectivity index (χ4v) is 7.06. The summed E-state index contributed by atoms with van der Waals surface area (Å²) in [5, 5.41) is 11.7. The van der Waals surface area contributed by atoms with Gasteiger partial charge in [0.15, 0.2) is 5.82 Å². The van der Waals surface area contributed by atoms with Crippen LogP contribution in [0.3, 0.4) is 0 Å². The average Bonchev–Trinajstić information content (AvgIpc) is 3.89. The second-order valence-electron chi connectivity index (χ2n) is 13.5. The molecule has 4 aliphatic rings. The Labute approximate surface area is 264 Å². The number of carbonyl (C=O) groups is 1. The summed E-state index contributed by atoms with van der Waals surface area (Å²) in [6.07, 6.45) is 7.33. The predicted octanol–water partition coefficient (Wildman–Crippen LogP) is 6.32. The minimum Gasteiger partial charge on any atom is -0.370 e. The number of hydrogen-bond acceptors (Lipinski definition) is 7. The topological polar surface area (TPSA) is 92.1 Å². The van der Waals surface area contributed by atoms with Gasteiger partial charge in [0.1, 0.15) is 18.0 Å². The van der Waals surface area contributed by atoms with Crippen LogP contribution in [0.25, 0.3) is 22.5 Å². The van der Waals surface area contributed by atoms with E-state index in [4.69, 9.17) is 4.98 Å². The molecule has 1 aromatic carbocycles. The maximum Gasteiger partial charge on any atom is 0.416 e. The molecule has 1 spiro atoms. The number of nitrogens with zero attached hydrogens (tertiary/aromatic N) is 7. The maximum atomic E-state index is 14.5. The zero-order chi connectivity index (χ0) is 31.6.